The van der Waals surface area contributed by atoms with Gasteiger partial charge in [-0.15, -0.1) is 0 Å². The number of benzene rings is 1. The molecule has 0 heterocycles. The fraction of sp³-hybridized carbons (Fsp3) is 0.458. The van der Waals surface area contributed by atoms with Crippen molar-refractivity contribution in [3.05, 3.63) is 41.0 Å². The van der Waals surface area contributed by atoms with Crippen LogP contribution in [0.1, 0.15) is 57.6 Å². The lowest BCUT2D eigenvalue weighted by Gasteiger charge is -2.36. The summed E-state index contributed by atoms with van der Waals surface area (Å²) >= 11 is 2.05. The smallest absolute Gasteiger partial charge is 0.192 e. The molecule has 0 fully saturated rings. The summed E-state index contributed by atoms with van der Waals surface area (Å²) in [6.07, 6.45) is 6.43. The molecule has 0 bridgehead atoms. The van der Waals surface area contributed by atoms with Crippen LogP contribution in [0.15, 0.2) is 29.8 Å². The molecule has 0 aliphatic rings. The zero-order chi connectivity index (χ0) is 21.0. The van der Waals surface area contributed by atoms with E-state index in [9.17, 15) is 4.79 Å². The molecule has 2 nitrogen and oxygen atoms in total. The van der Waals surface area contributed by atoms with Crippen molar-refractivity contribution in [2.24, 2.45) is 0 Å². The molecule has 1 aromatic carbocycles. The number of carbonyl (C=O) groups is 1. The molecule has 0 spiro atoms. The van der Waals surface area contributed by atoms with E-state index in [1.165, 1.54) is 0 Å². The number of hydrogen-bond acceptors (Lipinski definition) is 2. The van der Waals surface area contributed by atoms with Crippen molar-refractivity contribution < 1.29 is 9.22 Å². The summed E-state index contributed by atoms with van der Waals surface area (Å²) in [6.45, 7) is 11.8. The van der Waals surface area contributed by atoms with Gasteiger partial charge in [-0.25, -0.2) is 0 Å². The fourth-order valence-corrected chi connectivity index (χ4v) is 3.41. The van der Waals surface area contributed by atoms with Crippen LogP contribution >= 0.6 is 22.6 Å². The lowest BCUT2D eigenvalue weighted by atomic mass is 10.1. The van der Waals surface area contributed by atoms with Gasteiger partial charge in [0, 0.05) is 35.4 Å². The highest BCUT2D eigenvalue weighted by Crippen LogP contribution is 2.37. The van der Waals surface area contributed by atoms with E-state index in [2.05, 4.69) is 84.2 Å². The van der Waals surface area contributed by atoms with Gasteiger partial charge in [-0.05, 0) is 52.1 Å². The average Bonchev–Trinajstić information content (AvgIpc) is 2.64. The third-order valence-corrected chi connectivity index (χ3v) is 9.90. The fourth-order valence-electron chi connectivity index (χ4n) is 2.19. The molecule has 0 radical (unpaired) electrons. The first-order valence-electron chi connectivity index (χ1n) is 9.67. The Labute approximate surface area is 185 Å². The molecule has 0 amide bonds. The minimum absolute atomic E-state index is 0.166. The summed E-state index contributed by atoms with van der Waals surface area (Å²) in [5.74, 6) is 9.15. The number of unbranched alkanes of at least 4 members (excludes halogenated alkanes) is 3. The van der Waals surface area contributed by atoms with E-state index >= 15 is 0 Å². The van der Waals surface area contributed by atoms with Gasteiger partial charge >= 0.3 is 0 Å². The van der Waals surface area contributed by atoms with E-state index in [0.29, 0.717) is 12.2 Å². The number of aldehydes is 1. The highest BCUT2D eigenvalue weighted by Gasteiger charge is 2.37. The third-order valence-electron chi connectivity index (χ3n) is 5.04. The Balaban J connectivity index is 2.83. The summed E-state index contributed by atoms with van der Waals surface area (Å²) in [4.78, 5) is 11.5. The maximum Gasteiger partial charge on any atom is 0.192 e. The summed E-state index contributed by atoms with van der Waals surface area (Å²) in [5.41, 5.74) is 2.59. The van der Waals surface area contributed by atoms with Gasteiger partial charge < -0.3 is 4.43 Å². The SMILES string of the molecule is CC(C)(C)[Si](C)(C)OCc1ccccc1/C=C(\C#CCCCCC#CI)C=O. The molecule has 0 saturated heterocycles. The Bertz CT molecular complexity index is 796. The molecule has 0 saturated carbocycles. The number of carbonyl (C=O) groups excluding carboxylic acids is 1. The topological polar surface area (TPSA) is 26.3 Å². The van der Waals surface area contributed by atoms with E-state index in [1.54, 1.807) is 0 Å². The average molecular weight is 507 g/mol. The van der Waals surface area contributed by atoms with Crippen molar-refractivity contribution >= 4 is 43.3 Å². The zero-order valence-electron chi connectivity index (χ0n) is 17.7. The summed E-state index contributed by atoms with van der Waals surface area (Å²) < 4.78 is 9.22. The van der Waals surface area contributed by atoms with Crippen molar-refractivity contribution in [1.29, 1.82) is 0 Å². The third kappa shape index (κ3) is 8.77. The van der Waals surface area contributed by atoms with Crippen LogP contribution in [0.5, 0.6) is 0 Å². The number of halogens is 1. The first kappa shape index (κ1) is 24.7. The Morgan fingerprint density at radius 2 is 1.79 bits per heavy atom. The highest BCUT2D eigenvalue weighted by atomic mass is 127. The molecule has 0 N–H and O–H groups in total. The van der Waals surface area contributed by atoms with Gasteiger partial charge in [0.25, 0.3) is 0 Å². The van der Waals surface area contributed by atoms with Gasteiger partial charge in [-0.3, -0.25) is 4.79 Å². The molecular weight excluding hydrogens is 475 g/mol. The lowest BCUT2D eigenvalue weighted by Crippen LogP contribution is -2.40. The Kier molecular flexibility index (Phi) is 10.8. The molecule has 0 aliphatic carbocycles. The Morgan fingerprint density at radius 3 is 2.39 bits per heavy atom. The van der Waals surface area contributed by atoms with Gasteiger partial charge in [0.1, 0.15) is 0 Å². The van der Waals surface area contributed by atoms with Crippen LogP contribution in [-0.4, -0.2) is 14.6 Å². The molecule has 28 heavy (non-hydrogen) atoms. The van der Waals surface area contributed by atoms with E-state index in [0.717, 1.165) is 43.1 Å². The summed E-state index contributed by atoms with van der Waals surface area (Å²) in [7, 11) is -1.83. The predicted molar refractivity (Wildman–Crippen MR) is 131 cm³/mol. The lowest BCUT2D eigenvalue weighted by molar-refractivity contribution is -0.104. The largest absolute Gasteiger partial charge is 0.413 e. The molecule has 1 aromatic rings. The molecule has 1 rings (SSSR count). The van der Waals surface area contributed by atoms with Gasteiger partial charge in [-0.1, -0.05) is 62.8 Å². The van der Waals surface area contributed by atoms with Gasteiger partial charge in [0.05, 0.1) is 12.2 Å². The molecule has 0 atom stereocenters. The molecule has 0 aliphatic heterocycles. The minimum atomic E-state index is -1.83. The Hall–Kier alpha value is -1.34. The van der Waals surface area contributed by atoms with E-state index in [-0.39, 0.29) is 5.04 Å². The quantitative estimate of drug-likeness (QED) is 0.0974. The van der Waals surface area contributed by atoms with Crippen LogP contribution in [-0.2, 0) is 15.8 Å². The first-order valence-corrected chi connectivity index (χ1v) is 13.7. The van der Waals surface area contributed by atoms with Crippen LogP contribution in [0, 0.1) is 21.7 Å². The monoisotopic (exact) mass is 506 g/mol. The van der Waals surface area contributed by atoms with Crippen LogP contribution in [0.25, 0.3) is 6.08 Å². The van der Waals surface area contributed by atoms with E-state index < -0.39 is 8.32 Å². The molecular formula is C24H31IO2Si. The second-order valence-electron chi connectivity index (χ2n) is 8.25. The van der Waals surface area contributed by atoms with Crippen molar-refractivity contribution in [3.8, 4) is 21.7 Å². The zero-order valence-corrected chi connectivity index (χ0v) is 20.9. The molecule has 4 heteroatoms. The maximum absolute atomic E-state index is 11.5. The first-order chi connectivity index (χ1) is 13.2. The Morgan fingerprint density at radius 1 is 1.14 bits per heavy atom. The number of allylic oxidation sites excluding steroid dienone is 1. The highest BCUT2D eigenvalue weighted by molar-refractivity contribution is 14.1. The summed E-state index contributed by atoms with van der Waals surface area (Å²) in [6, 6.07) is 8.06. The van der Waals surface area contributed by atoms with Crippen LogP contribution in [0.3, 0.4) is 0 Å². The van der Waals surface area contributed by atoms with Crippen molar-refractivity contribution in [3.63, 3.8) is 0 Å². The van der Waals surface area contributed by atoms with Gasteiger partial charge in [-0.2, -0.15) is 0 Å². The second-order valence-corrected chi connectivity index (χ2v) is 13.6. The van der Waals surface area contributed by atoms with Crippen LogP contribution in [0.2, 0.25) is 18.1 Å². The number of hydrogen-bond donors (Lipinski definition) is 0. The molecule has 150 valence electrons. The van der Waals surface area contributed by atoms with Crippen molar-refractivity contribution in [1.82, 2.24) is 0 Å². The standard InChI is InChI=1S/C24H31IO2Si/c1-24(2,3)28(4,5)27-20-23-16-12-11-15-22(23)18-21(19-26)14-10-8-6-7-9-13-17-25/h11-12,15-16,18-19H,6-9,20H2,1-5H3/b21-18+. The van der Waals surface area contributed by atoms with Crippen molar-refractivity contribution in [2.45, 2.75) is 71.2 Å². The predicted octanol–water partition coefficient (Wildman–Crippen LogP) is 6.75. The van der Waals surface area contributed by atoms with Gasteiger partial charge in [0.15, 0.2) is 14.6 Å². The minimum Gasteiger partial charge on any atom is -0.413 e. The molecule has 0 aromatic heterocycles. The van der Waals surface area contributed by atoms with Crippen LogP contribution < -0.4 is 0 Å². The molecule has 0 unspecified atom stereocenters. The maximum atomic E-state index is 11.5. The van der Waals surface area contributed by atoms with Gasteiger partial charge in [0.2, 0.25) is 0 Å². The van der Waals surface area contributed by atoms with E-state index in [4.69, 9.17) is 4.43 Å². The normalized spacial score (nSPS) is 11.9. The van der Waals surface area contributed by atoms with E-state index in [1.807, 2.05) is 24.3 Å². The van der Waals surface area contributed by atoms with Crippen LogP contribution in [0.4, 0.5) is 0 Å². The second kappa shape index (κ2) is 12.3. The number of rotatable bonds is 8. The summed E-state index contributed by atoms with van der Waals surface area (Å²) in [5, 5.41) is 0.166. The van der Waals surface area contributed by atoms with Crippen molar-refractivity contribution in [2.75, 3.05) is 0 Å².